The van der Waals surface area contributed by atoms with Gasteiger partial charge in [-0.2, -0.15) is 5.10 Å². The molecule has 8 heteroatoms. The third kappa shape index (κ3) is 4.80. The molecule has 0 aromatic carbocycles. The van der Waals surface area contributed by atoms with Gasteiger partial charge in [-0.25, -0.2) is 9.50 Å². The van der Waals surface area contributed by atoms with Crippen LogP contribution in [0.1, 0.15) is 55.9 Å². The molecular weight excluding hydrogens is 333 g/mol. The van der Waals surface area contributed by atoms with Crippen molar-refractivity contribution in [2.24, 2.45) is 0 Å². The number of hydrogen-bond acceptors (Lipinski definition) is 6. The fourth-order valence-corrected chi connectivity index (χ4v) is 4.90. The van der Waals surface area contributed by atoms with Crippen LogP contribution in [-0.2, 0) is 11.0 Å². The fraction of sp³-hybridized carbons (Fsp3) is 0.600. The Morgan fingerprint density at radius 1 is 1.30 bits per heavy atom. The summed E-state index contributed by atoms with van der Waals surface area (Å²) in [5, 5.41) is 4.14. The quantitative estimate of drug-likeness (QED) is 0.507. The average molecular weight is 355 g/mol. The van der Waals surface area contributed by atoms with Crippen LogP contribution < -0.4 is 9.79 Å². The van der Waals surface area contributed by atoms with E-state index in [1.165, 1.54) is 16.3 Å². The highest BCUT2D eigenvalue weighted by molar-refractivity contribution is 8.04. The zero-order valence-electron chi connectivity index (χ0n) is 13.5. The zero-order valence-corrected chi connectivity index (χ0v) is 15.2. The summed E-state index contributed by atoms with van der Waals surface area (Å²) in [6, 6.07) is 3.45. The summed E-state index contributed by atoms with van der Waals surface area (Å²) in [7, 11) is -4.79. The van der Waals surface area contributed by atoms with Crippen LogP contribution in [0, 0.1) is 0 Å². The Labute approximate surface area is 140 Å². The largest absolute Gasteiger partial charge is 0.810 e. The van der Waals surface area contributed by atoms with Crippen molar-refractivity contribution in [1.29, 1.82) is 0 Å². The summed E-state index contributed by atoms with van der Waals surface area (Å²) in [4.78, 5) is 27.0. The van der Waals surface area contributed by atoms with Gasteiger partial charge in [0.25, 0.3) is 0 Å². The Balaban J connectivity index is 2.43. The molecule has 0 spiro atoms. The van der Waals surface area contributed by atoms with Crippen molar-refractivity contribution < 1.29 is 14.4 Å². The molecule has 0 fully saturated rings. The molecule has 0 radical (unpaired) electrons. The lowest BCUT2D eigenvalue weighted by Gasteiger charge is -2.38. The third-order valence-electron chi connectivity index (χ3n) is 3.54. The highest BCUT2D eigenvalue weighted by atomic mass is 32.2. The fourth-order valence-electron chi connectivity index (χ4n) is 2.33. The van der Waals surface area contributed by atoms with Gasteiger partial charge in [-0.15, -0.1) is 11.8 Å². The van der Waals surface area contributed by atoms with Crippen molar-refractivity contribution in [1.82, 2.24) is 14.6 Å². The molecule has 1 atom stereocenters. The first-order chi connectivity index (χ1) is 11.0. The smallest absolute Gasteiger partial charge is 0.155 e. The van der Waals surface area contributed by atoms with Gasteiger partial charge in [0.05, 0.1) is 16.9 Å². The number of aromatic nitrogens is 3. The third-order valence-corrected chi connectivity index (χ3v) is 6.68. The number of unbranched alkanes of at least 4 members (excludes halogenated alkanes) is 2. The van der Waals surface area contributed by atoms with Gasteiger partial charge in [0.1, 0.15) is 0 Å². The minimum Gasteiger partial charge on any atom is -0.810 e. The van der Waals surface area contributed by atoms with Crippen LogP contribution in [0.25, 0.3) is 5.65 Å². The second kappa shape index (κ2) is 8.29. The molecule has 2 aromatic heterocycles. The SMILES string of the molecule is CCCCSC(c1cc(CCCC)nc2ccnn12)P(=O)([O-])[O-]. The van der Waals surface area contributed by atoms with Crippen LogP contribution >= 0.6 is 19.4 Å². The first-order valence-corrected chi connectivity index (χ1v) is 10.6. The lowest BCUT2D eigenvalue weighted by Crippen LogP contribution is -2.21. The summed E-state index contributed by atoms with van der Waals surface area (Å²) in [6.45, 7) is 4.12. The summed E-state index contributed by atoms with van der Waals surface area (Å²) < 4.78 is 13.3. The van der Waals surface area contributed by atoms with E-state index in [-0.39, 0.29) is 0 Å². The zero-order chi connectivity index (χ0) is 16.9. The van der Waals surface area contributed by atoms with Gasteiger partial charge in [0.15, 0.2) is 5.65 Å². The monoisotopic (exact) mass is 355 g/mol. The van der Waals surface area contributed by atoms with Crippen molar-refractivity contribution in [2.75, 3.05) is 5.75 Å². The number of rotatable bonds is 9. The maximum atomic E-state index is 11.8. The maximum absolute atomic E-state index is 11.8. The van der Waals surface area contributed by atoms with Gasteiger partial charge in [-0.05, 0) is 38.7 Å². The van der Waals surface area contributed by atoms with E-state index in [1.807, 2.05) is 6.92 Å². The molecule has 2 aromatic rings. The number of hydrogen-bond donors (Lipinski definition) is 0. The first-order valence-electron chi connectivity index (χ1n) is 7.94. The number of aryl methyl sites for hydroxylation is 1. The molecule has 6 nitrogen and oxygen atoms in total. The van der Waals surface area contributed by atoms with Crippen LogP contribution in [0.4, 0.5) is 0 Å². The summed E-state index contributed by atoms with van der Waals surface area (Å²) in [5.41, 5.74) is 1.81. The first kappa shape index (κ1) is 18.5. The van der Waals surface area contributed by atoms with Gasteiger partial charge >= 0.3 is 0 Å². The summed E-state index contributed by atoms with van der Waals surface area (Å²) in [6.07, 6.45) is 6.16. The van der Waals surface area contributed by atoms with Gasteiger partial charge in [-0.1, -0.05) is 26.7 Å². The van der Waals surface area contributed by atoms with Crippen molar-refractivity contribution in [3.05, 3.63) is 29.7 Å². The number of nitrogens with zero attached hydrogens (tertiary/aromatic N) is 3. The van der Waals surface area contributed by atoms with Crippen LogP contribution in [0.2, 0.25) is 0 Å². The van der Waals surface area contributed by atoms with E-state index in [0.717, 1.165) is 37.8 Å². The molecular formula is C15H22N3O3PS-2. The van der Waals surface area contributed by atoms with E-state index in [4.69, 9.17) is 0 Å². The summed E-state index contributed by atoms with van der Waals surface area (Å²) in [5.74, 6) is 0.630. The average Bonchev–Trinajstić information content (AvgIpc) is 2.96. The second-order valence-corrected chi connectivity index (χ2v) is 8.65. The molecule has 0 aliphatic rings. The van der Waals surface area contributed by atoms with Crippen molar-refractivity contribution in [3.8, 4) is 0 Å². The molecule has 0 aliphatic heterocycles. The Morgan fingerprint density at radius 3 is 2.70 bits per heavy atom. The van der Waals surface area contributed by atoms with E-state index >= 15 is 0 Å². The van der Waals surface area contributed by atoms with Crippen LogP contribution in [0.15, 0.2) is 18.3 Å². The Hall–Kier alpha value is -0.880. The van der Waals surface area contributed by atoms with Gasteiger partial charge in [0.2, 0.25) is 0 Å². The second-order valence-electron chi connectivity index (χ2n) is 5.49. The predicted molar refractivity (Wildman–Crippen MR) is 89.3 cm³/mol. The molecule has 0 N–H and O–H groups in total. The lowest BCUT2D eigenvalue weighted by atomic mass is 10.2. The minimum absolute atomic E-state index is 0.417. The van der Waals surface area contributed by atoms with Crippen LogP contribution in [-0.4, -0.2) is 20.4 Å². The molecule has 0 aliphatic carbocycles. The molecule has 0 saturated carbocycles. The van der Waals surface area contributed by atoms with E-state index in [9.17, 15) is 14.4 Å². The standard InChI is InChI=1S/C15H24N3O3PS/c1-3-5-7-12-11-13(18-14(17-12)8-9-16-18)15(22(19,20)21)23-10-6-4-2/h8-9,11,15H,3-7,10H2,1-2H3,(H2,19,20,21)/p-2. The molecule has 128 valence electrons. The van der Waals surface area contributed by atoms with E-state index < -0.39 is 12.6 Å². The molecule has 2 rings (SSSR count). The lowest BCUT2D eigenvalue weighted by molar-refractivity contribution is -0.314. The van der Waals surface area contributed by atoms with Crippen LogP contribution in [0.5, 0.6) is 0 Å². The Kier molecular flexibility index (Phi) is 6.65. The normalized spacial score (nSPS) is 13.6. The predicted octanol–water partition coefficient (Wildman–Crippen LogP) is 2.52. The molecule has 1 unspecified atom stereocenters. The molecule has 0 bridgehead atoms. The Morgan fingerprint density at radius 2 is 2.04 bits per heavy atom. The van der Waals surface area contributed by atoms with Gasteiger partial charge in [0, 0.05) is 11.8 Å². The van der Waals surface area contributed by atoms with Gasteiger partial charge in [-0.3, -0.25) is 0 Å². The van der Waals surface area contributed by atoms with Gasteiger partial charge < -0.3 is 14.4 Å². The molecule has 0 amide bonds. The van der Waals surface area contributed by atoms with E-state index in [1.54, 1.807) is 18.3 Å². The van der Waals surface area contributed by atoms with Crippen molar-refractivity contribution in [2.45, 2.75) is 50.9 Å². The Bertz CT molecular complexity index is 686. The molecule has 23 heavy (non-hydrogen) atoms. The van der Waals surface area contributed by atoms with Crippen LogP contribution in [0.3, 0.4) is 0 Å². The maximum Gasteiger partial charge on any atom is 0.155 e. The summed E-state index contributed by atoms with van der Waals surface area (Å²) >= 11 is 1.18. The topological polar surface area (TPSA) is 93.4 Å². The number of fused-ring (bicyclic) bond motifs is 1. The van der Waals surface area contributed by atoms with E-state index in [0.29, 0.717) is 17.1 Å². The van der Waals surface area contributed by atoms with Crippen molar-refractivity contribution >= 4 is 25.0 Å². The molecule has 0 saturated heterocycles. The highest BCUT2D eigenvalue weighted by Gasteiger charge is 2.21. The molecule has 2 heterocycles. The van der Waals surface area contributed by atoms with E-state index in [2.05, 4.69) is 17.0 Å². The van der Waals surface area contributed by atoms with Crippen molar-refractivity contribution in [3.63, 3.8) is 0 Å². The number of thioether (sulfide) groups is 1. The minimum atomic E-state index is -4.79. The highest BCUT2D eigenvalue weighted by Crippen LogP contribution is 2.52.